The van der Waals surface area contributed by atoms with Crippen LogP contribution in [0, 0.1) is 0 Å². The summed E-state index contributed by atoms with van der Waals surface area (Å²) in [7, 11) is 1.34. The van der Waals surface area contributed by atoms with Crippen LogP contribution in [0.4, 0.5) is 8.78 Å². The molecule has 0 saturated heterocycles. The van der Waals surface area contributed by atoms with Crippen molar-refractivity contribution >= 4 is 21.7 Å². The maximum Gasteiger partial charge on any atom is 0.387 e. The summed E-state index contributed by atoms with van der Waals surface area (Å²) in [5.41, 5.74) is 0.317. The minimum atomic E-state index is -2.98. The van der Waals surface area contributed by atoms with Crippen LogP contribution in [0.25, 0.3) is 0 Å². The predicted octanol–water partition coefficient (Wildman–Crippen LogP) is 3.32. The molecule has 3 nitrogen and oxygen atoms in total. The minimum Gasteiger partial charge on any atom is -0.493 e. The van der Waals surface area contributed by atoms with Gasteiger partial charge in [-0.15, -0.1) is 0 Å². The van der Waals surface area contributed by atoms with E-state index in [1.165, 1.54) is 26.2 Å². The Hall–Kier alpha value is -1.17. The highest BCUT2D eigenvalue weighted by Crippen LogP contribution is 2.39. The van der Waals surface area contributed by atoms with Crippen LogP contribution in [0.15, 0.2) is 18.2 Å². The van der Waals surface area contributed by atoms with Gasteiger partial charge in [-0.1, -0.05) is 28.1 Å². The molecule has 1 aromatic carbocycles. The van der Waals surface area contributed by atoms with Crippen LogP contribution >= 0.6 is 15.9 Å². The largest absolute Gasteiger partial charge is 0.493 e. The van der Waals surface area contributed by atoms with Crippen LogP contribution in [0.1, 0.15) is 17.3 Å². The van der Waals surface area contributed by atoms with Gasteiger partial charge in [0.2, 0.25) is 0 Å². The Morgan fingerprint density at radius 1 is 1.41 bits per heavy atom. The van der Waals surface area contributed by atoms with Gasteiger partial charge in [-0.3, -0.25) is 4.79 Å². The van der Waals surface area contributed by atoms with E-state index in [2.05, 4.69) is 20.7 Å². The fraction of sp³-hybridized carbons (Fsp3) is 0.364. The third-order valence-corrected chi connectivity index (χ3v) is 3.20. The normalized spacial score (nSPS) is 12.4. The fourth-order valence-corrected chi connectivity index (χ4v) is 1.69. The zero-order valence-corrected chi connectivity index (χ0v) is 10.8. The van der Waals surface area contributed by atoms with E-state index in [0.717, 1.165) is 0 Å². The molecule has 0 aromatic heterocycles. The lowest BCUT2D eigenvalue weighted by molar-refractivity contribution is -0.116. The number of rotatable bonds is 5. The lowest BCUT2D eigenvalue weighted by Gasteiger charge is -2.16. The van der Waals surface area contributed by atoms with Gasteiger partial charge >= 0.3 is 6.61 Å². The lowest BCUT2D eigenvalue weighted by atomic mass is 10.1. The molecule has 1 unspecified atom stereocenters. The van der Waals surface area contributed by atoms with E-state index in [4.69, 9.17) is 4.74 Å². The molecule has 17 heavy (non-hydrogen) atoms. The number of carbonyl (C=O) groups is 1. The van der Waals surface area contributed by atoms with E-state index in [9.17, 15) is 13.6 Å². The maximum absolute atomic E-state index is 12.3. The van der Waals surface area contributed by atoms with Gasteiger partial charge in [0.25, 0.3) is 0 Å². The fourth-order valence-electron chi connectivity index (χ4n) is 1.33. The van der Waals surface area contributed by atoms with Gasteiger partial charge in [0.05, 0.1) is 7.11 Å². The molecule has 0 aliphatic rings. The number of ether oxygens (including phenoxy) is 2. The average molecular weight is 309 g/mol. The second kappa shape index (κ2) is 5.95. The standard InChI is InChI=1S/C11H11BrF2O3/c1-6(15)9(12)7-4-3-5-8(16-2)10(7)17-11(13)14/h3-5,9,11H,1-2H3. The molecule has 0 heterocycles. The topological polar surface area (TPSA) is 35.5 Å². The summed E-state index contributed by atoms with van der Waals surface area (Å²) in [6, 6.07) is 4.62. The van der Waals surface area contributed by atoms with Crippen molar-refractivity contribution in [2.45, 2.75) is 18.4 Å². The third kappa shape index (κ3) is 3.39. The number of hydrogen-bond acceptors (Lipinski definition) is 3. The van der Waals surface area contributed by atoms with Crippen LogP contribution in [-0.2, 0) is 4.79 Å². The van der Waals surface area contributed by atoms with Crippen molar-refractivity contribution in [2.75, 3.05) is 7.11 Å². The van der Waals surface area contributed by atoms with Gasteiger partial charge in [-0.25, -0.2) is 0 Å². The van der Waals surface area contributed by atoms with E-state index in [1.54, 1.807) is 6.07 Å². The van der Waals surface area contributed by atoms with Crippen LogP contribution in [0.2, 0.25) is 0 Å². The second-order valence-corrected chi connectivity index (χ2v) is 4.15. The van der Waals surface area contributed by atoms with Crippen molar-refractivity contribution in [3.63, 3.8) is 0 Å². The highest BCUT2D eigenvalue weighted by molar-refractivity contribution is 9.09. The SMILES string of the molecule is COc1cccc(C(Br)C(C)=O)c1OC(F)F. The maximum atomic E-state index is 12.3. The van der Waals surface area contributed by atoms with Gasteiger partial charge in [-0.05, 0) is 13.0 Å². The zero-order valence-electron chi connectivity index (χ0n) is 9.25. The van der Waals surface area contributed by atoms with Crippen molar-refractivity contribution in [2.24, 2.45) is 0 Å². The molecule has 0 bridgehead atoms. The Kier molecular flexibility index (Phi) is 4.86. The molecule has 0 fully saturated rings. The predicted molar refractivity (Wildman–Crippen MR) is 62.0 cm³/mol. The van der Waals surface area contributed by atoms with Gasteiger partial charge < -0.3 is 9.47 Å². The van der Waals surface area contributed by atoms with Crippen molar-refractivity contribution in [3.05, 3.63) is 23.8 Å². The Balaban J connectivity index is 3.23. The highest BCUT2D eigenvalue weighted by atomic mass is 79.9. The first-order valence-electron chi connectivity index (χ1n) is 4.73. The molecular weight excluding hydrogens is 298 g/mol. The minimum absolute atomic E-state index is 0.123. The van der Waals surface area contributed by atoms with Crippen molar-refractivity contribution in [1.29, 1.82) is 0 Å². The number of methoxy groups -OCH3 is 1. The second-order valence-electron chi connectivity index (χ2n) is 3.23. The number of alkyl halides is 3. The average Bonchev–Trinajstić information content (AvgIpc) is 2.27. The number of halogens is 3. The first kappa shape index (κ1) is 13.9. The Labute approximate surface area is 106 Å². The summed E-state index contributed by atoms with van der Waals surface area (Å²) in [5, 5.41) is 0. The molecule has 0 aliphatic carbocycles. The van der Waals surface area contributed by atoms with Gasteiger partial charge in [0.1, 0.15) is 10.6 Å². The number of hydrogen-bond donors (Lipinski definition) is 0. The number of ketones is 1. The molecule has 0 radical (unpaired) electrons. The molecule has 0 N–H and O–H groups in total. The van der Waals surface area contributed by atoms with Gasteiger partial charge in [-0.2, -0.15) is 8.78 Å². The first-order valence-corrected chi connectivity index (χ1v) is 5.65. The summed E-state index contributed by atoms with van der Waals surface area (Å²) in [4.78, 5) is 10.5. The van der Waals surface area contributed by atoms with E-state index in [0.29, 0.717) is 5.56 Å². The smallest absolute Gasteiger partial charge is 0.387 e. The Bertz CT molecular complexity index is 410. The molecule has 1 rings (SSSR count). The van der Waals surface area contributed by atoms with Crippen LogP contribution < -0.4 is 9.47 Å². The molecule has 0 spiro atoms. The highest BCUT2D eigenvalue weighted by Gasteiger charge is 2.22. The third-order valence-electron chi connectivity index (χ3n) is 2.07. The van der Waals surface area contributed by atoms with Gasteiger partial charge in [0.15, 0.2) is 11.5 Å². The molecular formula is C11H11BrF2O3. The molecule has 1 atom stereocenters. The molecule has 0 amide bonds. The summed E-state index contributed by atoms with van der Waals surface area (Å²) in [6.07, 6.45) is 0. The van der Waals surface area contributed by atoms with Crippen LogP contribution in [0.3, 0.4) is 0 Å². The number of para-hydroxylation sites is 1. The summed E-state index contributed by atoms with van der Waals surface area (Å²) in [5.74, 6) is -0.173. The van der Waals surface area contributed by atoms with E-state index < -0.39 is 11.4 Å². The Morgan fingerprint density at radius 3 is 2.53 bits per heavy atom. The van der Waals surface area contributed by atoms with Crippen LogP contribution in [0.5, 0.6) is 11.5 Å². The number of Topliss-reactive ketones (excluding diaryl/α,β-unsaturated/α-hetero) is 1. The van der Waals surface area contributed by atoms with E-state index in [-0.39, 0.29) is 17.3 Å². The summed E-state index contributed by atoms with van der Waals surface area (Å²) in [6.45, 7) is -1.62. The number of benzene rings is 1. The number of carbonyl (C=O) groups excluding carboxylic acids is 1. The molecule has 6 heteroatoms. The van der Waals surface area contributed by atoms with Crippen molar-refractivity contribution in [3.8, 4) is 11.5 Å². The summed E-state index contributed by atoms with van der Waals surface area (Å²) < 4.78 is 33.9. The van der Waals surface area contributed by atoms with E-state index >= 15 is 0 Å². The lowest BCUT2D eigenvalue weighted by Crippen LogP contribution is -2.09. The molecule has 1 aromatic rings. The zero-order chi connectivity index (χ0) is 13.0. The quantitative estimate of drug-likeness (QED) is 0.783. The first-order chi connectivity index (χ1) is 7.97. The monoisotopic (exact) mass is 308 g/mol. The summed E-state index contributed by atoms with van der Waals surface area (Å²) >= 11 is 3.12. The van der Waals surface area contributed by atoms with Gasteiger partial charge in [0, 0.05) is 5.56 Å². The van der Waals surface area contributed by atoms with Crippen molar-refractivity contribution < 1.29 is 23.0 Å². The molecule has 0 saturated carbocycles. The van der Waals surface area contributed by atoms with Crippen molar-refractivity contribution in [1.82, 2.24) is 0 Å². The van der Waals surface area contributed by atoms with Crippen LogP contribution in [-0.4, -0.2) is 19.5 Å². The van der Waals surface area contributed by atoms with E-state index in [1.807, 2.05) is 0 Å². The molecule has 94 valence electrons. The molecule has 0 aliphatic heterocycles. The Morgan fingerprint density at radius 2 is 2.06 bits per heavy atom.